The van der Waals surface area contributed by atoms with E-state index < -0.39 is 11.9 Å². The second kappa shape index (κ2) is 7.04. The molecule has 30 heavy (non-hydrogen) atoms. The Balaban J connectivity index is 1.52. The van der Waals surface area contributed by atoms with Gasteiger partial charge in [0, 0.05) is 29.2 Å². The van der Waals surface area contributed by atoms with Crippen molar-refractivity contribution in [1.29, 1.82) is 0 Å². The van der Waals surface area contributed by atoms with Crippen LogP contribution in [-0.2, 0) is 19.0 Å². The fourth-order valence-corrected chi connectivity index (χ4v) is 4.46. The molecule has 1 N–H and O–H groups in total. The topological polar surface area (TPSA) is 60.1 Å². The number of aryl methyl sites for hydroxylation is 1. The van der Waals surface area contributed by atoms with Crippen LogP contribution >= 0.6 is 0 Å². The van der Waals surface area contributed by atoms with Gasteiger partial charge in [0.25, 0.3) is 5.91 Å². The average Bonchev–Trinajstić information content (AvgIpc) is 3.46. The molecule has 0 atom stereocenters. The zero-order valence-corrected chi connectivity index (χ0v) is 16.1. The molecule has 0 aliphatic heterocycles. The van der Waals surface area contributed by atoms with Crippen molar-refractivity contribution >= 4 is 5.91 Å². The lowest BCUT2D eigenvalue weighted by Gasteiger charge is -2.15. The quantitative estimate of drug-likeness (QED) is 0.660. The Kier molecular flexibility index (Phi) is 4.45. The summed E-state index contributed by atoms with van der Waals surface area (Å²) in [6, 6.07) is 8.38. The summed E-state index contributed by atoms with van der Waals surface area (Å²) in [5.74, 6) is 0.494. The van der Waals surface area contributed by atoms with E-state index in [1.54, 1.807) is 30.3 Å². The van der Waals surface area contributed by atoms with E-state index >= 15 is 0 Å². The van der Waals surface area contributed by atoms with Crippen molar-refractivity contribution in [2.45, 2.75) is 50.7 Å². The number of halogens is 3. The smallest absolute Gasteiger partial charge is 0.435 e. The number of hydrogen-bond acceptors (Lipinski definition) is 3. The molecule has 1 fully saturated rings. The molecule has 8 heteroatoms. The lowest BCUT2D eigenvalue weighted by molar-refractivity contribution is -0.142. The van der Waals surface area contributed by atoms with E-state index in [0.29, 0.717) is 34.7 Å². The van der Waals surface area contributed by atoms with Crippen LogP contribution in [0.15, 0.2) is 41.0 Å². The Labute approximate surface area is 170 Å². The van der Waals surface area contributed by atoms with Crippen LogP contribution in [0.4, 0.5) is 13.2 Å². The summed E-state index contributed by atoms with van der Waals surface area (Å²) in [7, 11) is 0. The van der Waals surface area contributed by atoms with Crippen LogP contribution in [0.3, 0.4) is 0 Å². The van der Waals surface area contributed by atoms with Crippen LogP contribution in [-0.4, -0.2) is 21.7 Å². The fourth-order valence-electron chi connectivity index (χ4n) is 4.46. The normalized spacial score (nSPS) is 16.4. The minimum atomic E-state index is -4.54. The summed E-state index contributed by atoms with van der Waals surface area (Å²) < 4.78 is 47.6. The molecular weight excluding hydrogens is 395 g/mol. The maximum Gasteiger partial charge on any atom is 0.435 e. The molecule has 2 heterocycles. The Morgan fingerprint density at radius 3 is 2.53 bits per heavy atom. The summed E-state index contributed by atoms with van der Waals surface area (Å²) in [5, 5.41) is 6.93. The molecule has 2 aliphatic rings. The molecule has 2 aliphatic carbocycles. The predicted molar refractivity (Wildman–Crippen MR) is 103 cm³/mol. The zero-order chi connectivity index (χ0) is 20.9. The Morgan fingerprint density at radius 2 is 1.83 bits per heavy atom. The number of aromatic nitrogens is 2. The number of rotatable bonds is 3. The lowest BCUT2D eigenvalue weighted by Crippen LogP contribution is -2.32. The summed E-state index contributed by atoms with van der Waals surface area (Å²) in [4.78, 5) is 12.5. The molecule has 1 aromatic carbocycles. The molecule has 1 amide bonds. The summed E-state index contributed by atoms with van der Waals surface area (Å²) in [5.41, 5.74) is 1.29. The van der Waals surface area contributed by atoms with Crippen LogP contribution < -0.4 is 5.32 Å². The van der Waals surface area contributed by atoms with E-state index in [1.807, 2.05) is 0 Å². The van der Waals surface area contributed by atoms with Gasteiger partial charge in [-0.1, -0.05) is 12.8 Å². The van der Waals surface area contributed by atoms with Gasteiger partial charge in [-0.15, -0.1) is 0 Å². The largest absolute Gasteiger partial charge is 0.469 e. The number of amides is 1. The number of carbonyl (C=O) groups is 1. The van der Waals surface area contributed by atoms with Crippen molar-refractivity contribution in [3.8, 4) is 16.9 Å². The first-order valence-corrected chi connectivity index (χ1v) is 10.1. The molecular formula is C22H20F3N3O2. The number of furan rings is 1. The first kappa shape index (κ1) is 19.0. The van der Waals surface area contributed by atoms with E-state index in [0.717, 1.165) is 25.7 Å². The van der Waals surface area contributed by atoms with Gasteiger partial charge in [0.2, 0.25) is 0 Å². The van der Waals surface area contributed by atoms with Crippen molar-refractivity contribution in [3.63, 3.8) is 0 Å². The lowest BCUT2D eigenvalue weighted by atomic mass is 9.94. The molecule has 2 aromatic heterocycles. The molecule has 1 saturated carbocycles. The van der Waals surface area contributed by atoms with Gasteiger partial charge in [-0.05, 0) is 49.6 Å². The van der Waals surface area contributed by atoms with Gasteiger partial charge in [-0.2, -0.15) is 18.3 Å². The third-order valence-corrected chi connectivity index (χ3v) is 5.92. The van der Waals surface area contributed by atoms with Crippen LogP contribution in [0.5, 0.6) is 0 Å². The van der Waals surface area contributed by atoms with Crippen molar-refractivity contribution in [2.75, 3.05) is 0 Å². The molecule has 3 aromatic rings. The van der Waals surface area contributed by atoms with E-state index in [-0.39, 0.29) is 23.9 Å². The maximum absolute atomic E-state index is 13.6. The van der Waals surface area contributed by atoms with Gasteiger partial charge in [-0.3, -0.25) is 4.79 Å². The van der Waals surface area contributed by atoms with Crippen LogP contribution in [0.2, 0.25) is 0 Å². The van der Waals surface area contributed by atoms with Gasteiger partial charge in [0.05, 0.1) is 17.6 Å². The van der Waals surface area contributed by atoms with Crippen molar-refractivity contribution < 1.29 is 22.4 Å². The summed E-state index contributed by atoms with van der Waals surface area (Å²) in [6.07, 6.45) is 1.76. The van der Waals surface area contributed by atoms with Crippen molar-refractivity contribution in [3.05, 3.63) is 59.2 Å². The maximum atomic E-state index is 13.6. The number of nitrogens with zero attached hydrogens (tertiary/aromatic N) is 2. The highest BCUT2D eigenvalue weighted by Crippen LogP contribution is 2.42. The van der Waals surface area contributed by atoms with E-state index in [4.69, 9.17) is 4.42 Å². The van der Waals surface area contributed by atoms with E-state index in [9.17, 15) is 18.0 Å². The van der Waals surface area contributed by atoms with Gasteiger partial charge in [-0.25, -0.2) is 4.68 Å². The first-order valence-electron chi connectivity index (χ1n) is 10.1. The molecule has 0 spiro atoms. The number of benzene rings is 1. The molecule has 0 radical (unpaired) electrons. The zero-order valence-electron chi connectivity index (χ0n) is 16.1. The van der Waals surface area contributed by atoms with Crippen LogP contribution in [0.25, 0.3) is 16.9 Å². The molecule has 5 rings (SSSR count). The number of hydrogen-bond donors (Lipinski definition) is 1. The highest BCUT2D eigenvalue weighted by atomic mass is 19.4. The Hall–Kier alpha value is -3.03. The minimum Gasteiger partial charge on any atom is -0.469 e. The fraction of sp³-hybridized carbons (Fsp3) is 0.364. The molecule has 5 nitrogen and oxygen atoms in total. The minimum absolute atomic E-state index is 0.163. The van der Waals surface area contributed by atoms with Crippen LogP contribution in [0.1, 0.15) is 53.1 Å². The molecule has 0 bridgehead atoms. The standard InChI is InChI=1S/C22H20F3N3O2/c23-22(24,25)20-17-9-10-18-16(11-12-30-18)19(17)28(27-20)15-7-5-13(6-8-15)21(29)26-14-3-1-2-4-14/h5-8,11-12,14H,1-4,9-10H2,(H,26,29). The van der Waals surface area contributed by atoms with E-state index in [1.165, 1.54) is 10.9 Å². The van der Waals surface area contributed by atoms with Gasteiger partial charge < -0.3 is 9.73 Å². The van der Waals surface area contributed by atoms with Gasteiger partial charge in [0.15, 0.2) is 5.69 Å². The third-order valence-electron chi connectivity index (χ3n) is 5.92. The van der Waals surface area contributed by atoms with E-state index in [2.05, 4.69) is 10.4 Å². The number of carbonyl (C=O) groups excluding carboxylic acids is 1. The summed E-state index contributed by atoms with van der Waals surface area (Å²) >= 11 is 0. The van der Waals surface area contributed by atoms with Crippen molar-refractivity contribution in [2.24, 2.45) is 0 Å². The second-order valence-corrected chi connectivity index (χ2v) is 7.84. The molecule has 0 saturated heterocycles. The second-order valence-electron chi connectivity index (χ2n) is 7.84. The third kappa shape index (κ3) is 3.20. The molecule has 156 valence electrons. The number of fused-ring (bicyclic) bond motifs is 3. The van der Waals surface area contributed by atoms with Crippen molar-refractivity contribution in [1.82, 2.24) is 15.1 Å². The highest BCUT2D eigenvalue weighted by molar-refractivity contribution is 5.94. The van der Waals surface area contributed by atoms with Gasteiger partial charge >= 0.3 is 6.18 Å². The summed E-state index contributed by atoms with van der Waals surface area (Å²) in [6.45, 7) is 0. The number of alkyl halides is 3. The SMILES string of the molecule is O=C(NC1CCCC1)c1ccc(-n2nc(C(F)(F)F)c3c2-c2ccoc2CC3)cc1. The number of nitrogens with one attached hydrogen (secondary N) is 1. The van der Waals surface area contributed by atoms with Gasteiger partial charge in [0.1, 0.15) is 5.76 Å². The average molecular weight is 415 g/mol. The highest BCUT2D eigenvalue weighted by Gasteiger charge is 2.41. The monoisotopic (exact) mass is 415 g/mol. The first-order chi connectivity index (χ1) is 14.4. The molecule has 0 unspecified atom stereocenters. The van der Waals surface area contributed by atoms with Crippen LogP contribution in [0, 0.1) is 0 Å². The Morgan fingerprint density at radius 1 is 1.10 bits per heavy atom. The predicted octanol–water partition coefficient (Wildman–Crippen LogP) is 4.92. The Bertz CT molecular complexity index is 1090.